The number of ether oxygens (including phenoxy) is 1. The Labute approximate surface area is 607 Å². The number of rotatable bonds is 12. The van der Waals surface area contributed by atoms with Crippen molar-refractivity contribution in [2.45, 2.75) is 0 Å². The Kier molecular flexibility index (Phi) is 24.6. The van der Waals surface area contributed by atoms with Gasteiger partial charge < -0.3 is 38.9 Å². The quantitative estimate of drug-likeness (QED) is 0.0965. The van der Waals surface area contributed by atoms with Gasteiger partial charge in [0.1, 0.15) is 22.9 Å². The van der Waals surface area contributed by atoms with E-state index in [-0.39, 0.29) is 57.3 Å². The third-order valence-electron chi connectivity index (χ3n) is 14.2. The second kappa shape index (κ2) is 34.6. The third-order valence-corrected chi connectivity index (χ3v) is 16.1. The molecule has 490 valence electrons. The topological polar surface area (TPSA) is 233 Å². The summed E-state index contributed by atoms with van der Waals surface area (Å²) in [6.07, 6.45) is 2.74. The van der Waals surface area contributed by atoms with Crippen LogP contribution in [0.15, 0.2) is 299 Å². The monoisotopic (exact) mass is 1710 g/mol. The van der Waals surface area contributed by atoms with Gasteiger partial charge in [0.15, 0.2) is 5.69 Å². The number of para-hydroxylation sites is 2. The van der Waals surface area contributed by atoms with E-state index in [9.17, 15) is 14.7 Å². The average molecular weight is 1710 g/mol. The van der Waals surface area contributed by atoms with Crippen molar-refractivity contribution < 1.29 is 78.7 Å². The zero-order chi connectivity index (χ0) is 66.7. The first-order chi connectivity index (χ1) is 47.5. The molecule has 0 saturated carbocycles. The predicted octanol–water partition coefficient (Wildman–Crippen LogP) is 19.7. The normalized spacial score (nSPS) is 10.3. The summed E-state index contributed by atoms with van der Waals surface area (Å²) in [5.41, 5.74) is 12.0. The molecule has 2 radical (unpaired) electrons. The van der Waals surface area contributed by atoms with Crippen LogP contribution in [-0.4, -0.2) is 67.6 Å². The van der Waals surface area contributed by atoms with Gasteiger partial charge in [-0.05, 0) is 137 Å². The number of fused-ring (bicyclic) bond motifs is 2. The predicted molar refractivity (Wildman–Crippen MR) is 378 cm³/mol. The Morgan fingerprint density at radius 2 is 0.788 bits per heavy atom. The van der Waals surface area contributed by atoms with E-state index in [4.69, 9.17) is 45.4 Å². The minimum atomic E-state index is -1.11. The molecule has 0 aliphatic rings. The third kappa shape index (κ3) is 18.6. The van der Waals surface area contributed by atoms with Crippen molar-refractivity contribution in [1.82, 2.24) is 40.3 Å². The number of aromatic nitrogens is 8. The fourth-order valence-electron chi connectivity index (χ4n) is 9.65. The number of pyridine rings is 4. The van der Waals surface area contributed by atoms with Gasteiger partial charge >= 0.3 is 11.9 Å². The molecule has 16 nitrogen and oxygen atoms in total. The average Bonchev–Trinajstić information content (AvgIpc) is 0.875. The van der Waals surface area contributed by atoms with Gasteiger partial charge in [0, 0.05) is 96.7 Å². The van der Waals surface area contributed by atoms with E-state index < -0.39 is 11.9 Å². The van der Waals surface area contributed by atoms with E-state index >= 15 is 0 Å². The van der Waals surface area contributed by atoms with Crippen LogP contribution < -0.4 is 4.74 Å². The Balaban J connectivity index is 0.000000137. The summed E-state index contributed by atoms with van der Waals surface area (Å²) < 4.78 is 17.0. The van der Waals surface area contributed by atoms with Crippen molar-refractivity contribution in [3.63, 3.8) is 0 Å². The number of aromatic carboxylic acids is 2. The summed E-state index contributed by atoms with van der Waals surface area (Å²) in [4.78, 5) is 40.2. The van der Waals surface area contributed by atoms with E-state index in [1.54, 1.807) is 77.3 Å². The van der Waals surface area contributed by atoms with Crippen molar-refractivity contribution in [2.75, 3.05) is 0 Å². The molecule has 8 aromatic carbocycles. The SMILES string of the molecule is O=C(O)c1cc(Cl)ccn1.O=C(O)c1cc(Oc2ccc(-c3nnc(-c4ccccc4)o3)cc2)ccn1.Oc1ccc(-c2nnc(-c3ccccc3)o2)cc1.[Ir].[Ir].[c-]1ccsc1-c1cc(-c2ccccc2)c2ccccc2n1.[c-]1ccsc1-c1cc(-c2ccccc2)c2ccccc2n1. The van der Waals surface area contributed by atoms with Gasteiger partial charge in [-0.1, -0.05) is 167 Å². The Bertz CT molecular complexity index is 5090. The number of phenolic OH excluding ortho intramolecular Hbond substituents is 1. The maximum Gasteiger partial charge on any atom is 0.354 e. The molecule has 0 unspecified atom stereocenters. The van der Waals surface area contributed by atoms with Gasteiger partial charge in [-0.2, -0.15) is 24.3 Å². The molecule has 0 saturated heterocycles. The van der Waals surface area contributed by atoms with Gasteiger partial charge in [0.25, 0.3) is 0 Å². The fourth-order valence-corrected chi connectivity index (χ4v) is 11.1. The maximum atomic E-state index is 11.0. The number of nitrogens with zero attached hydrogens (tertiary/aromatic N) is 8. The molecule has 21 heteroatoms. The second-order valence-corrected chi connectivity index (χ2v) is 23.0. The molecule has 8 heterocycles. The standard InChI is InChI=1S/C20H13N3O4.2C19H12NS.C14H10N2O2.C6H4ClNO2.2Ir/c24-20(25)17-12-16(10-11-21-17)26-15-8-6-14(7-9-15)19-23-22-18(27-19)13-4-2-1-3-5-13;2*1-2-7-14(8-3-1)16-13-18(19-11-6-12-21-19)20-17-10-5-4-9-15(16)17;17-12-8-6-11(7-9-12)14-16-15-13(18-14)10-4-2-1-3-5-10;7-4-1-2-8-5(3-4)6(9)10;;/h1-12H,(H,24,25);2*1-10,12-13H;1-9,17H;1-3H,(H,9,10);;/q;2*-1;;;;. The number of halogens is 1. The summed E-state index contributed by atoms with van der Waals surface area (Å²) in [7, 11) is 0. The van der Waals surface area contributed by atoms with Crippen LogP contribution in [0.3, 0.4) is 0 Å². The molecule has 8 aromatic heterocycles. The molecular weight excluding hydrogens is 1660 g/mol. The molecule has 16 aromatic rings. The minimum absolute atomic E-state index is 0. The van der Waals surface area contributed by atoms with Crippen LogP contribution in [0.4, 0.5) is 0 Å². The summed E-state index contributed by atoms with van der Waals surface area (Å²) >= 11 is 8.83. The molecule has 0 fully saturated rings. The zero-order valence-electron chi connectivity index (χ0n) is 51.5. The second-order valence-electron chi connectivity index (χ2n) is 20.7. The van der Waals surface area contributed by atoms with Gasteiger partial charge in [0.05, 0.1) is 11.0 Å². The number of thiophene rings is 2. The molecule has 0 aliphatic heterocycles. The van der Waals surface area contributed by atoms with Crippen molar-refractivity contribution in [3.05, 3.63) is 319 Å². The molecule has 99 heavy (non-hydrogen) atoms. The number of benzene rings is 8. The number of aromatic hydroxyl groups is 1. The van der Waals surface area contributed by atoms with Crippen LogP contribution in [0.5, 0.6) is 17.2 Å². The number of hydrogen-bond donors (Lipinski definition) is 3. The minimum Gasteiger partial charge on any atom is -0.508 e. The molecule has 16 rings (SSSR count). The fraction of sp³-hybridized carbons (Fsp3) is 0. The number of carboxylic acids is 2. The molecule has 0 bridgehead atoms. The van der Waals surface area contributed by atoms with Gasteiger partial charge in [-0.25, -0.2) is 42.2 Å². The van der Waals surface area contributed by atoms with Crippen molar-refractivity contribution in [1.29, 1.82) is 0 Å². The largest absolute Gasteiger partial charge is 0.508 e. The first-order valence-electron chi connectivity index (χ1n) is 29.8. The molecule has 0 atom stereocenters. The van der Waals surface area contributed by atoms with Crippen LogP contribution in [0, 0.1) is 12.1 Å². The van der Waals surface area contributed by atoms with Gasteiger partial charge in [-0.3, -0.25) is 0 Å². The van der Waals surface area contributed by atoms with Crippen LogP contribution in [0.1, 0.15) is 21.0 Å². The van der Waals surface area contributed by atoms with Gasteiger partial charge in [0.2, 0.25) is 23.6 Å². The number of phenols is 1. The molecule has 0 aliphatic carbocycles. The molecular formula is C78H51ClIr2N8O8S2-2. The van der Waals surface area contributed by atoms with Crippen molar-refractivity contribution >= 4 is 68.0 Å². The summed E-state index contributed by atoms with van der Waals surface area (Å²) in [5.74, 6) is 0.739. The Morgan fingerprint density at radius 1 is 0.414 bits per heavy atom. The number of carboxylic acid groups (broad SMARTS) is 2. The number of hydrogen-bond acceptors (Lipinski definition) is 16. The first kappa shape index (κ1) is 70.5. The summed E-state index contributed by atoms with van der Waals surface area (Å²) in [6, 6.07) is 90.8. The van der Waals surface area contributed by atoms with Crippen LogP contribution >= 0.6 is 34.3 Å². The van der Waals surface area contributed by atoms with E-state index in [1.165, 1.54) is 63.6 Å². The summed E-state index contributed by atoms with van der Waals surface area (Å²) in [5, 5.41) is 49.6. The smallest absolute Gasteiger partial charge is 0.354 e. The van der Waals surface area contributed by atoms with E-state index in [0.29, 0.717) is 40.1 Å². The molecule has 3 N–H and O–H groups in total. The van der Waals surface area contributed by atoms with Crippen LogP contribution in [0.25, 0.3) is 111 Å². The van der Waals surface area contributed by atoms with Crippen LogP contribution in [0.2, 0.25) is 5.02 Å². The number of carbonyl (C=O) groups is 2. The van der Waals surface area contributed by atoms with Crippen molar-refractivity contribution in [2.24, 2.45) is 0 Å². The van der Waals surface area contributed by atoms with E-state index in [1.807, 2.05) is 108 Å². The Hall–Kier alpha value is -11.3. The first-order valence-corrected chi connectivity index (χ1v) is 31.9. The van der Waals surface area contributed by atoms with E-state index in [2.05, 4.69) is 140 Å². The van der Waals surface area contributed by atoms with Gasteiger partial charge in [-0.15, -0.1) is 31.2 Å². The van der Waals surface area contributed by atoms with E-state index in [0.717, 1.165) is 54.4 Å². The van der Waals surface area contributed by atoms with Crippen molar-refractivity contribution in [3.8, 4) is 106 Å². The maximum absolute atomic E-state index is 11.0. The zero-order valence-corrected chi connectivity index (χ0v) is 58.7. The van der Waals surface area contributed by atoms with Crippen LogP contribution in [-0.2, 0) is 40.2 Å². The Morgan fingerprint density at radius 3 is 1.18 bits per heavy atom. The molecule has 0 amide bonds. The molecule has 0 spiro atoms. The summed E-state index contributed by atoms with van der Waals surface area (Å²) in [6.45, 7) is 0.